The minimum absolute atomic E-state index is 0.239. The van der Waals surface area contributed by atoms with Crippen molar-refractivity contribution in [1.29, 1.82) is 0 Å². The van der Waals surface area contributed by atoms with Gasteiger partial charge >= 0.3 is 0 Å². The van der Waals surface area contributed by atoms with E-state index in [1.54, 1.807) is 0 Å². The van der Waals surface area contributed by atoms with Crippen LogP contribution in [0.15, 0.2) is 27.6 Å². The van der Waals surface area contributed by atoms with Gasteiger partial charge in [0.15, 0.2) is 0 Å². The molecule has 0 aliphatic carbocycles. The van der Waals surface area contributed by atoms with E-state index in [4.69, 9.17) is 0 Å². The second-order valence-electron chi connectivity index (χ2n) is 4.91. The molecule has 1 rings (SSSR count). The van der Waals surface area contributed by atoms with Gasteiger partial charge in [-0.05, 0) is 31.7 Å². The number of nitrogens with one attached hydrogen (secondary N) is 1. The summed E-state index contributed by atoms with van der Waals surface area (Å²) < 4.78 is 1.38. The van der Waals surface area contributed by atoms with Crippen molar-refractivity contribution in [3.63, 3.8) is 0 Å². The van der Waals surface area contributed by atoms with Crippen molar-refractivity contribution in [3.8, 4) is 0 Å². The van der Waals surface area contributed by atoms with Crippen LogP contribution in [0.4, 0.5) is 0 Å². The van der Waals surface area contributed by atoms with E-state index in [1.807, 2.05) is 18.8 Å². The average Bonchev–Trinajstić information content (AvgIpc) is 2.14. The number of hydrogen-bond donors (Lipinski definition) is 1. The molecule has 0 bridgehead atoms. The first-order chi connectivity index (χ1) is 7.33. The zero-order valence-electron chi connectivity index (χ0n) is 10.6. The first-order valence-electron chi connectivity index (χ1n) is 5.49. The fourth-order valence-corrected chi connectivity index (χ4v) is 3.16. The van der Waals surface area contributed by atoms with E-state index in [1.165, 1.54) is 10.5 Å². The fourth-order valence-electron chi connectivity index (χ4n) is 1.44. The van der Waals surface area contributed by atoms with E-state index in [0.29, 0.717) is 6.04 Å². The highest BCUT2D eigenvalue weighted by Gasteiger charge is 2.17. The molecule has 1 N–H and O–H groups in total. The van der Waals surface area contributed by atoms with Crippen LogP contribution in [-0.4, -0.2) is 11.8 Å². The van der Waals surface area contributed by atoms with Gasteiger partial charge < -0.3 is 5.32 Å². The van der Waals surface area contributed by atoms with Crippen LogP contribution in [0.1, 0.15) is 39.3 Å². The van der Waals surface area contributed by atoms with Gasteiger partial charge in [0.05, 0.1) is 0 Å². The van der Waals surface area contributed by atoms with E-state index >= 15 is 0 Å². The van der Waals surface area contributed by atoms with Crippen LogP contribution in [0.3, 0.4) is 0 Å². The Balaban J connectivity index is 3.08. The molecule has 3 heteroatoms. The standard InChI is InChI=1S/C13H20BrNS/c1-9(15-5)11-7-6-10(14)8-12(11)16-13(2,3)4/h6-9,15H,1-5H3. The molecular formula is C13H20BrNS. The molecule has 0 aliphatic rings. The third-order valence-electron chi connectivity index (χ3n) is 2.29. The van der Waals surface area contributed by atoms with E-state index < -0.39 is 0 Å². The van der Waals surface area contributed by atoms with Crippen LogP contribution in [0.5, 0.6) is 0 Å². The fraction of sp³-hybridized carbons (Fsp3) is 0.538. The first kappa shape index (κ1) is 14.1. The summed E-state index contributed by atoms with van der Waals surface area (Å²) in [6.45, 7) is 8.92. The zero-order valence-corrected chi connectivity index (χ0v) is 13.0. The normalized spacial score (nSPS) is 13.9. The van der Waals surface area contributed by atoms with Crippen LogP contribution >= 0.6 is 27.7 Å². The maximum Gasteiger partial charge on any atom is 0.0300 e. The Hall–Kier alpha value is 0.01000. The van der Waals surface area contributed by atoms with E-state index in [-0.39, 0.29) is 4.75 Å². The summed E-state index contributed by atoms with van der Waals surface area (Å²) in [6.07, 6.45) is 0. The number of thioether (sulfide) groups is 1. The van der Waals surface area contributed by atoms with Gasteiger partial charge in [-0.2, -0.15) is 0 Å². The topological polar surface area (TPSA) is 12.0 Å². The summed E-state index contributed by atoms with van der Waals surface area (Å²) in [5.41, 5.74) is 1.37. The summed E-state index contributed by atoms with van der Waals surface area (Å²) >= 11 is 5.46. The Bertz CT molecular complexity index is 357. The number of hydrogen-bond acceptors (Lipinski definition) is 2. The van der Waals surface area contributed by atoms with Crippen molar-refractivity contribution in [3.05, 3.63) is 28.2 Å². The average molecular weight is 302 g/mol. The second-order valence-corrected chi connectivity index (χ2v) is 7.69. The molecule has 1 unspecified atom stereocenters. The molecule has 0 spiro atoms. The Morgan fingerprint density at radius 2 is 1.94 bits per heavy atom. The lowest BCUT2D eigenvalue weighted by Crippen LogP contribution is -2.15. The van der Waals surface area contributed by atoms with Gasteiger partial charge in [-0.3, -0.25) is 0 Å². The molecule has 1 atom stereocenters. The molecule has 1 aromatic carbocycles. The molecule has 0 aliphatic heterocycles. The minimum atomic E-state index is 0.239. The Morgan fingerprint density at radius 3 is 2.44 bits per heavy atom. The van der Waals surface area contributed by atoms with Crippen LogP contribution in [0, 0.1) is 0 Å². The van der Waals surface area contributed by atoms with E-state index in [0.717, 1.165) is 4.47 Å². The molecule has 0 saturated carbocycles. The van der Waals surface area contributed by atoms with Crippen molar-refractivity contribution in [2.45, 2.75) is 43.4 Å². The van der Waals surface area contributed by atoms with Gasteiger partial charge in [-0.15, -0.1) is 11.8 Å². The molecule has 16 heavy (non-hydrogen) atoms. The predicted octanol–water partition coefficient (Wildman–Crippen LogP) is 4.62. The highest BCUT2D eigenvalue weighted by Crippen LogP contribution is 2.37. The van der Waals surface area contributed by atoms with Crippen molar-refractivity contribution in [2.75, 3.05) is 7.05 Å². The van der Waals surface area contributed by atoms with Gasteiger partial charge in [0, 0.05) is 20.2 Å². The van der Waals surface area contributed by atoms with Gasteiger partial charge in [0.25, 0.3) is 0 Å². The Morgan fingerprint density at radius 1 is 1.31 bits per heavy atom. The lowest BCUT2D eigenvalue weighted by molar-refractivity contribution is 0.640. The summed E-state index contributed by atoms with van der Waals surface area (Å²) in [7, 11) is 2.00. The summed E-state index contributed by atoms with van der Waals surface area (Å²) in [6, 6.07) is 6.90. The highest BCUT2D eigenvalue weighted by molar-refractivity contribution is 9.10. The molecule has 0 aromatic heterocycles. The van der Waals surface area contributed by atoms with Gasteiger partial charge in [0.2, 0.25) is 0 Å². The van der Waals surface area contributed by atoms with E-state index in [2.05, 4.69) is 67.1 Å². The molecule has 1 nitrogen and oxygen atoms in total. The number of halogens is 1. The van der Waals surface area contributed by atoms with Crippen molar-refractivity contribution in [2.24, 2.45) is 0 Å². The third kappa shape index (κ3) is 4.11. The lowest BCUT2D eigenvalue weighted by atomic mass is 10.1. The molecule has 0 heterocycles. The summed E-state index contributed by atoms with van der Waals surface area (Å²) in [5, 5.41) is 3.30. The van der Waals surface area contributed by atoms with Crippen LogP contribution in [-0.2, 0) is 0 Å². The molecule has 0 amide bonds. The van der Waals surface area contributed by atoms with Crippen molar-refractivity contribution in [1.82, 2.24) is 5.32 Å². The second kappa shape index (κ2) is 5.56. The van der Waals surface area contributed by atoms with Crippen molar-refractivity contribution < 1.29 is 0 Å². The van der Waals surface area contributed by atoms with E-state index in [9.17, 15) is 0 Å². The Kier molecular flexibility index (Phi) is 4.89. The number of benzene rings is 1. The van der Waals surface area contributed by atoms with Crippen LogP contribution in [0.25, 0.3) is 0 Å². The van der Waals surface area contributed by atoms with Gasteiger partial charge in [0.1, 0.15) is 0 Å². The largest absolute Gasteiger partial charge is 0.313 e. The maximum atomic E-state index is 3.54. The molecule has 90 valence electrons. The maximum absolute atomic E-state index is 3.54. The number of rotatable bonds is 3. The summed E-state index contributed by atoms with van der Waals surface area (Å²) in [5.74, 6) is 0. The Labute approximate surface area is 112 Å². The quantitative estimate of drug-likeness (QED) is 0.818. The lowest BCUT2D eigenvalue weighted by Gasteiger charge is -2.22. The SMILES string of the molecule is CNC(C)c1ccc(Br)cc1SC(C)(C)C. The summed E-state index contributed by atoms with van der Waals surface area (Å²) in [4.78, 5) is 1.35. The highest BCUT2D eigenvalue weighted by atomic mass is 79.9. The predicted molar refractivity (Wildman–Crippen MR) is 77.2 cm³/mol. The van der Waals surface area contributed by atoms with Crippen LogP contribution < -0.4 is 5.32 Å². The first-order valence-corrected chi connectivity index (χ1v) is 7.10. The molecular weight excluding hydrogens is 282 g/mol. The molecule has 0 radical (unpaired) electrons. The minimum Gasteiger partial charge on any atom is -0.313 e. The van der Waals surface area contributed by atoms with Crippen LogP contribution in [0.2, 0.25) is 0 Å². The monoisotopic (exact) mass is 301 g/mol. The van der Waals surface area contributed by atoms with Gasteiger partial charge in [-0.1, -0.05) is 42.8 Å². The molecule has 0 fully saturated rings. The zero-order chi connectivity index (χ0) is 12.3. The smallest absolute Gasteiger partial charge is 0.0300 e. The third-order valence-corrected chi connectivity index (χ3v) is 3.97. The van der Waals surface area contributed by atoms with Gasteiger partial charge in [-0.25, -0.2) is 0 Å². The molecule has 0 saturated heterocycles. The van der Waals surface area contributed by atoms with Crippen molar-refractivity contribution >= 4 is 27.7 Å². The molecule has 1 aromatic rings.